The van der Waals surface area contributed by atoms with E-state index in [1.54, 1.807) is 12.3 Å². The smallest absolute Gasteiger partial charge is 0.159 e. The third-order valence-corrected chi connectivity index (χ3v) is 6.03. The first-order chi connectivity index (χ1) is 15.7. The van der Waals surface area contributed by atoms with E-state index in [0.29, 0.717) is 5.82 Å². The number of rotatable bonds is 3. The minimum Gasteiger partial charge on any atom is -0.506 e. The molecule has 1 aliphatic rings. The molecule has 5 heterocycles. The number of piperazine rings is 1. The Balaban J connectivity index is 1.44. The van der Waals surface area contributed by atoms with Gasteiger partial charge in [0.2, 0.25) is 0 Å². The molecule has 0 radical (unpaired) electrons. The second-order valence-corrected chi connectivity index (χ2v) is 8.17. The molecule has 32 heavy (non-hydrogen) atoms. The lowest BCUT2D eigenvalue weighted by molar-refractivity contribution is 0.312. The number of likely N-dealkylation sites (N-methyl/N-ethyl adjacent to an activating group) is 1. The zero-order valence-corrected chi connectivity index (χ0v) is 17.6. The van der Waals surface area contributed by atoms with E-state index >= 15 is 0 Å². The summed E-state index contributed by atoms with van der Waals surface area (Å²) in [5.74, 6) is 1.74. The molecule has 0 bridgehead atoms. The number of imidazole rings is 1. The molecule has 1 fully saturated rings. The standard InChI is InChI=1S/C23H22N8O/c1-30-6-8-31(9-7-30)23-21-19(4-5-25-23)26-22(27-21)20-17-11-14(2-3-18(17)28-29-20)15-10-16(32)13-24-12-15/h2-5,10-13,32H,6-9H2,1H3,(H,26,27)(H,28,29). The van der Waals surface area contributed by atoms with Gasteiger partial charge in [0.15, 0.2) is 11.6 Å². The van der Waals surface area contributed by atoms with Gasteiger partial charge in [0.25, 0.3) is 0 Å². The Morgan fingerprint density at radius 2 is 1.84 bits per heavy atom. The molecule has 4 aromatic heterocycles. The van der Waals surface area contributed by atoms with Crippen molar-refractivity contribution in [1.82, 2.24) is 35.0 Å². The van der Waals surface area contributed by atoms with Crippen LogP contribution < -0.4 is 4.90 Å². The molecule has 0 spiro atoms. The first kappa shape index (κ1) is 18.8. The van der Waals surface area contributed by atoms with E-state index in [9.17, 15) is 5.11 Å². The Morgan fingerprint density at radius 3 is 2.69 bits per heavy atom. The summed E-state index contributed by atoms with van der Waals surface area (Å²) >= 11 is 0. The lowest BCUT2D eigenvalue weighted by atomic mass is 10.0. The number of aromatic hydroxyl groups is 1. The van der Waals surface area contributed by atoms with E-state index in [2.05, 4.69) is 42.0 Å². The Morgan fingerprint density at radius 1 is 0.969 bits per heavy atom. The average Bonchev–Trinajstić information content (AvgIpc) is 3.43. The van der Waals surface area contributed by atoms with Crippen molar-refractivity contribution in [2.45, 2.75) is 0 Å². The summed E-state index contributed by atoms with van der Waals surface area (Å²) < 4.78 is 0. The van der Waals surface area contributed by atoms with Crippen LogP contribution in [-0.2, 0) is 0 Å². The van der Waals surface area contributed by atoms with Gasteiger partial charge < -0.3 is 19.9 Å². The maximum Gasteiger partial charge on any atom is 0.159 e. The second-order valence-electron chi connectivity index (χ2n) is 8.17. The second kappa shape index (κ2) is 7.31. The molecule has 0 saturated carbocycles. The van der Waals surface area contributed by atoms with Crippen molar-refractivity contribution in [2.24, 2.45) is 0 Å². The topological polar surface area (TPSA) is 110 Å². The number of pyridine rings is 2. The highest BCUT2D eigenvalue weighted by molar-refractivity contribution is 5.97. The van der Waals surface area contributed by atoms with Gasteiger partial charge in [-0.1, -0.05) is 6.07 Å². The van der Waals surface area contributed by atoms with Crippen molar-refractivity contribution in [1.29, 1.82) is 0 Å². The molecular weight excluding hydrogens is 404 g/mol. The van der Waals surface area contributed by atoms with Gasteiger partial charge in [0, 0.05) is 49.5 Å². The van der Waals surface area contributed by atoms with Gasteiger partial charge in [-0.3, -0.25) is 10.1 Å². The van der Waals surface area contributed by atoms with Crippen molar-refractivity contribution in [2.75, 3.05) is 38.1 Å². The third-order valence-electron chi connectivity index (χ3n) is 6.03. The fraction of sp³-hybridized carbons (Fsp3) is 0.217. The summed E-state index contributed by atoms with van der Waals surface area (Å²) in [7, 11) is 2.14. The minimum absolute atomic E-state index is 0.135. The monoisotopic (exact) mass is 426 g/mol. The summed E-state index contributed by atoms with van der Waals surface area (Å²) in [5, 5.41) is 18.4. The van der Waals surface area contributed by atoms with E-state index in [1.807, 2.05) is 30.5 Å². The molecule has 9 heteroatoms. The number of benzene rings is 1. The van der Waals surface area contributed by atoms with Crippen LogP contribution in [0.5, 0.6) is 5.75 Å². The van der Waals surface area contributed by atoms with Gasteiger partial charge in [0.1, 0.15) is 17.0 Å². The lowest BCUT2D eigenvalue weighted by Gasteiger charge is -2.33. The van der Waals surface area contributed by atoms with Crippen molar-refractivity contribution in [3.8, 4) is 28.4 Å². The molecule has 1 saturated heterocycles. The first-order valence-corrected chi connectivity index (χ1v) is 10.6. The minimum atomic E-state index is 0.135. The molecular formula is C23H22N8O. The van der Waals surface area contributed by atoms with Crippen LogP contribution in [0.3, 0.4) is 0 Å². The predicted octanol–water partition coefficient (Wildman–Crippen LogP) is 3.02. The summed E-state index contributed by atoms with van der Waals surface area (Å²) in [4.78, 5) is 21.7. The first-order valence-electron chi connectivity index (χ1n) is 10.6. The Kier molecular flexibility index (Phi) is 4.29. The molecule has 0 amide bonds. The zero-order chi connectivity index (χ0) is 21.7. The summed E-state index contributed by atoms with van der Waals surface area (Å²) in [6.07, 6.45) is 4.98. The Labute approximate surface area is 183 Å². The van der Waals surface area contributed by atoms with Gasteiger partial charge in [-0.2, -0.15) is 5.10 Å². The normalized spacial score (nSPS) is 15.1. The SMILES string of the molecule is CN1CCN(c2nccc3[nH]c(-c4n[nH]c5ccc(-c6cncc(O)c6)cc45)nc23)CC1. The number of anilines is 1. The maximum atomic E-state index is 9.80. The molecule has 0 unspecified atom stereocenters. The van der Waals surface area contributed by atoms with Crippen molar-refractivity contribution in [3.05, 3.63) is 48.9 Å². The molecule has 1 aromatic carbocycles. The average molecular weight is 426 g/mol. The fourth-order valence-electron chi connectivity index (χ4n) is 4.24. The summed E-state index contributed by atoms with van der Waals surface area (Å²) in [5.41, 5.74) is 5.24. The van der Waals surface area contributed by atoms with E-state index < -0.39 is 0 Å². The number of nitrogens with zero attached hydrogens (tertiary/aromatic N) is 6. The molecule has 6 rings (SSSR count). The number of aromatic amines is 2. The van der Waals surface area contributed by atoms with Crippen LogP contribution in [0.15, 0.2) is 48.9 Å². The largest absolute Gasteiger partial charge is 0.506 e. The quantitative estimate of drug-likeness (QED) is 0.407. The Bertz CT molecular complexity index is 1430. The van der Waals surface area contributed by atoms with Crippen LogP contribution in [0.1, 0.15) is 0 Å². The van der Waals surface area contributed by atoms with Crippen LogP contribution in [0, 0.1) is 0 Å². The van der Waals surface area contributed by atoms with Gasteiger partial charge in [-0.15, -0.1) is 0 Å². The van der Waals surface area contributed by atoms with Crippen molar-refractivity contribution < 1.29 is 5.11 Å². The van der Waals surface area contributed by atoms with Crippen LogP contribution >= 0.6 is 0 Å². The van der Waals surface area contributed by atoms with E-state index in [1.165, 1.54) is 6.20 Å². The number of nitrogens with one attached hydrogen (secondary N) is 2. The molecule has 160 valence electrons. The summed E-state index contributed by atoms with van der Waals surface area (Å²) in [6.45, 7) is 3.87. The molecule has 1 aliphatic heterocycles. The van der Waals surface area contributed by atoms with Gasteiger partial charge >= 0.3 is 0 Å². The number of aromatic nitrogens is 6. The Hall–Kier alpha value is -3.98. The van der Waals surface area contributed by atoms with Gasteiger partial charge in [0.05, 0.1) is 17.2 Å². The molecule has 3 N–H and O–H groups in total. The van der Waals surface area contributed by atoms with Crippen LogP contribution in [0.2, 0.25) is 0 Å². The number of fused-ring (bicyclic) bond motifs is 2. The van der Waals surface area contributed by atoms with E-state index in [0.717, 1.165) is 70.8 Å². The van der Waals surface area contributed by atoms with Gasteiger partial charge in [-0.05, 0) is 36.9 Å². The van der Waals surface area contributed by atoms with Gasteiger partial charge in [-0.25, -0.2) is 9.97 Å². The van der Waals surface area contributed by atoms with Crippen molar-refractivity contribution >= 4 is 27.8 Å². The lowest BCUT2D eigenvalue weighted by Crippen LogP contribution is -2.44. The van der Waals surface area contributed by atoms with Crippen molar-refractivity contribution in [3.63, 3.8) is 0 Å². The molecule has 9 nitrogen and oxygen atoms in total. The number of H-pyrrole nitrogens is 2. The fourth-order valence-corrected chi connectivity index (χ4v) is 4.24. The highest BCUT2D eigenvalue weighted by Gasteiger charge is 2.21. The highest BCUT2D eigenvalue weighted by atomic mass is 16.3. The van der Waals surface area contributed by atoms with Crippen LogP contribution in [0.4, 0.5) is 5.82 Å². The molecule has 0 aliphatic carbocycles. The predicted molar refractivity (Wildman–Crippen MR) is 124 cm³/mol. The van der Waals surface area contributed by atoms with E-state index in [-0.39, 0.29) is 5.75 Å². The summed E-state index contributed by atoms with van der Waals surface area (Å²) in [6, 6.07) is 9.64. The maximum absolute atomic E-state index is 9.80. The third kappa shape index (κ3) is 3.14. The van der Waals surface area contributed by atoms with Crippen LogP contribution in [-0.4, -0.2) is 73.4 Å². The molecule has 0 atom stereocenters. The number of hydrogen-bond acceptors (Lipinski definition) is 7. The zero-order valence-electron chi connectivity index (χ0n) is 17.6. The highest BCUT2D eigenvalue weighted by Crippen LogP contribution is 2.32. The van der Waals surface area contributed by atoms with Crippen LogP contribution in [0.25, 0.3) is 44.6 Å². The number of hydrogen-bond donors (Lipinski definition) is 3. The van der Waals surface area contributed by atoms with E-state index in [4.69, 9.17) is 4.98 Å². The molecule has 5 aromatic rings.